The second-order valence-corrected chi connectivity index (χ2v) is 5.21. The van der Waals surface area contributed by atoms with Crippen LogP contribution in [0.3, 0.4) is 0 Å². The first-order valence-electron chi connectivity index (χ1n) is 7.54. The van der Waals surface area contributed by atoms with Crippen LogP contribution in [0.2, 0.25) is 0 Å². The molecule has 2 aromatic carbocycles. The van der Waals surface area contributed by atoms with E-state index >= 15 is 0 Å². The lowest BCUT2D eigenvalue weighted by Gasteiger charge is -2.08. The van der Waals surface area contributed by atoms with Crippen LogP contribution >= 0.6 is 0 Å². The highest BCUT2D eigenvalue weighted by atomic mass is 16.5. The van der Waals surface area contributed by atoms with Crippen LogP contribution in [0.4, 0.5) is 11.4 Å². The molecule has 0 saturated carbocycles. The molecule has 0 spiro atoms. The van der Waals surface area contributed by atoms with Crippen LogP contribution in [-0.4, -0.2) is 12.5 Å². The van der Waals surface area contributed by atoms with Gasteiger partial charge in [-0.15, -0.1) is 0 Å². The molecular formula is C18H22N2O2. The maximum atomic E-state index is 11.9. The number of aryl methyl sites for hydroxylation is 1. The lowest BCUT2D eigenvalue weighted by atomic mass is 10.1. The number of nitrogen functional groups attached to an aromatic ring is 1. The van der Waals surface area contributed by atoms with E-state index in [1.807, 2.05) is 24.3 Å². The normalized spacial score (nSPS) is 10.2. The first-order valence-corrected chi connectivity index (χ1v) is 7.54. The number of benzene rings is 2. The van der Waals surface area contributed by atoms with Crippen molar-refractivity contribution in [1.82, 2.24) is 0 Å². The standard InChI is InChI=1S/C18H22N2O2/c1-2-3-5-14-8-10-16(11-9-14)20-18(21)13-22-17-7-4-6-15(19)12-17/h4,6-12H,2-3,5,13,19H2,1H3,(H,20,21). The summed E-state index contributed by atoms with van der Waals surface area (Å²) in [6.07, 6.45) is 3.43. The number of anilines is 2. The maximum Gasteiger partial charge on any atom is 0.262 e. The van der Waals surface area contributed by atoms with Gasteiger partial charge in [-0.05, 0) is 42.7 Å². The number of amides is 1. The number of carbonyl (C=O) groups excluding carboxylic acids is 1. The molecule has 4 nitrogen and oxygen atoms in total. The summed E-state index contributed by atoms with van der Waals surface area (Å²) >= 11 is 0. The summed E-state index contributed by atoms with van der Waals surface area (Å²) < 4.78 is 5.41. The van der Waals surface area contributed by atoms with E-state index in [9.17, 15) is 4.79 Å². The van der Waals surface area contributed by atoms with Gasteiger partial charge in [-0.25, -0.2) is 0 Å². The molecule has 0 atom stereocenters. The van der Waals surface area contributed by atoms with E-state index in [4.69, 9.17) is 10.5 Å². The number of carbonyl (C=O) groups is 1. The summed E-state index contributed by atoms with van der Waals surface area (Å²) in [5.74, 6) is 0.397. The van der Waals surface area contributed by atoms with Crippen molar-refractivity contribution in [3.8, 4) is 5.75 Å². The Morgan fingerprint density at radius 3 is 2.64 bits per heavy atom. The van der Waals surface area contributed by atoms with Crippen LogP contribution in [0.25, 0.3) is 0 Å². The SMILES string of the molecule is CCCCc1ccc(NC(=O)COc2cccc(N)c2)cc1. The predicted molar refractivity (Wildman–Crippen MR) is 90.0 cm³/mol. The van der Waals surface area contributed by atoms with E-state index in [0.29, 0.717) is 11.4 Å². The van der Waals surface area contributed by atoms with E-state index in [0.717, 1.165) is 12.1 Å². The summed E-state index contributed by atoms with van der Waals surface area (Å²) in [6.45, 7) is 2.13. The van der Waals surface area contributed by atoms with Crippen molar-refractivity contribution >= 4 is 17.3 Å². The van der Waals surface area contributed by atoms with Gasteiger partial charge in [-0.1, -0.05) is 31.5 Å². The number of hydrogen-bond donors (Lipinski definition) is 2. The fourth-order valence-electron chi connectivity index (χ4n) is 2.09. The molecular weight excluding hydrogens is 276 g/mol. The molecule has 22 heavy (non-hydrogen) atoms. The molecule has 0 bridgehead atoms. The van der Waals surface area contributed by atoms with Gasteiger partial charge in [-0.2, -0.15) is 0 Å². The second-order valence-electron chi connectivity index (χ2n) is 5.21. The van der Waals surface area contributed by atoms with E-state index in [2.05, 4.69) is 12.2 Å². The van der Waals surface area contributed by atoms with Gasteiger partial charge in [0.25, 0.3) is 5.91 Å². The Balaban J connectivity index is 1.81. The summed E-state index contributed by atoms with van der Waals surface area (Å²) in [4.78, 5) is 11.9. The molecule has 2 aromatic rings. The van der Waals surface area contributed by atoms with Crippen LogP contribution < -0.4 is 15.8 Å². The Morgan fingerprint density at radius 1 is 1.18 bits per heavy atom. The topological polar surface area (TPSA) is 64.3 Å². The van der Waals surface area contributed by atoms with Gasteiger partial charge in [0.1, 0.15) is 5.75 Å². The molecule has 1 amide bonds. The van der Waals surface area contributed by atoms with Crippen molar-refractivity contribution in [2.75, 3.05) is 17.7 Å². The summed E-state index contributed by atoms with van der Waals surface area (Å²) in [5.41, 5.74) is 8.34. The third kappa shape index (κ3) is 5.13. The molecule has 0 heterocycles. The molecule has 2 rings (SSSR count). The minimum absolute atomic E-state index is 0.0406. The van der Waals surface area contributed by atoms with E-state index in [1.54, 1.807) is 24.3 Å². The van der Waals surface area contributed by atoms with Gasteiger partial charge in [0.2, 0.25) is 0 Å². The fourth-order valence-corrected chi connectivity index (χ4v) is 2.09. The predicted octanol–water partition coefficient (Wildman–Crippen LogP) is 3.63. The van der Waals surface area contributed by atoms with Crippen LogP contribution in [-0.2, 0) is 11.2 Å². The minimum Gasteiger partial charge on any atom is -0.484 e. The van der Waals surface area contributed by atoms with E-state index in [1.165, 1.54) is 18.4 Å². The van der Waals surface area contributed by atoms with Gasteiger partial charge in [-0.3, -0.25) is 4.79 Å². The summed E-state index contributed by atoms with van der Waals surface area (Å²) in [6, 6.07) is 15.0. The molecule has 4 heteroatoms. The van der Waals surface area contributed by atoms with Crippen LogP contribution in [0, 0.1) is 0 Å². The Labute approximate surface area is 131 Å². The highest BCUT2D eigenvalue weighted by Gasteiger charge is 2.04. The second kappa shape index (κ2) is 8.08. The number of hydrogen-bond acceptors (Lipinski definition) is 3. The van der Waals surface area contributed by atoms with E-state index in [-0.39, 0.29) is 12.5 Å². The van der Waals surface area contributed by atoms with Crippen molar-refractivity contribution in [1.29, 1.82) is 0 Å². The highest BCUT2D eigenvalue weighted by molar-refractivity contribution is 5.91. The molecule has 0 aliphatic heterocycles. The Morgan fingerprint density at radius 2 is 1.95 bits per heavy atom. The third-order valence-corrected chi connectivity index (χ3v) is 3.28. The van der Waals surface area contributed by atoms with Crippen molar-refractivity contribution in [3.05, 3.63) is 54.1 Å². The van der Waals surface area contributed by atoms with Crippen LogP contribution in [0.15, 0.2) is 48.5 Å². The van der Waals surface area contributed by atoms with Crippen molar-refractivity contribution < 1.29 is 9.53 Å². The number of rotatable bonds is 7. The minimum atomic E-state index is -0.191. The summed E-state index contributed by atoms with van der Waals surface area (Å²) in [5, 5.41) is 2.81. The Bertz CT molecular complexity index is 609. The molecule has 0 fully saturated rings. The zero-order valence-electron chi connectivity index (χ0n) is 12.8. The van der Waals surface area contributed by atoms with E-state index < -0.39 is 0 Å². The Kier molecular flexibility index (Phi) is 5.83. The van der Waals surface area contributed by atoms with Gasteiger partial charge in [0.05, 0.1) is 0 Å². The zero-order valence-corrected chi connectivity index (χ0v) is 12.8. The lowest BCUT2D eigenvalue weighted by Crippen LogP contribution is -2.20. The van der Waals surface area contributed by atoms with Gasteiger partial charge >= 0.3 is 0 Å². The molecule has 0 unspecified atom stereocenters. The number of nitrogens with one attached hydrogen (secondary N) is 1. The van der Waals surface area contributed by atoms with Crippen molar-refractivity contribution in [2.45, 2.75) is 26.2 Å². The number of nitrogens with two attached hydrogens (primary N) is 1. The smallest absolute Gasteiger partial charge is 0.262 e. The molecule has 0 aromatic heterocycles. The molecule has 116 valence electrons. The largest absolute Gasteiger partial charge is 0.484 e. The average Bonchev–Trinajstić information content (AvgIpc) is 2.52. The first-order chi connectivity index (χ1) is 10.7. The van der Waals surface area contributed by atoms with Gasteiger partial charge in [0, 0.05) is 17.4 Å². The average molecular weight is 298 g/mol. The maximum absolute atomic E-state index is 11.9. The Hall–Kier alpha value is -2.49. The summed E-state index contributed by atoms with van der Waals surface area (Å²) in [7, 11) is 0. The first kappa shape index (κ1) is 15.9. The molecule has 3 N–H and O–H groups in total. The lowest BCUT2D eigenvalue weighted by molar-refractivity contribution is -0.118. The van der Waals surface area contributed by atoms with Crippen molar-refractivity contribution in [3.63, 3.8) is 0 Å². The fraction of sp³-hybridized carbons (Fsp3) is 0.278. The zero-order chi connectivity index (χ0) is 15.8. The highest BCUT2D eigenvalue weighted by Crippen LogP contribution is 2.15. The molecule has 0 radical (unpaired) electrons. The quantitative estimate of drug-likeness (QED) is 0.767. The van der Waals surface area contributed by atoms with Gasteiger partial charge < -0.3 is 15.8 Å². The third-order valence-electron chi connectivity index (χ3n) is 3.28. The molecule has 0 aliphatic rings. The number of ether oxygens (including phenoxy) is 1. The monoisotopic (exact) mass is 298 g/mol. The van der Waals surface area contributed by atoms with Crippen LogP contribution in [0.5, 0.6) is 5.75 Å². The van der Waals surface area contributed by atoms with Crippen LogP contribution in [0.1, 0.15) is 25.3 Å². The van der Waals surface area contributed by atoms with Crippen molar-refractivity contribution in [2.24, 2.45) is 0 Å². The molecule has 0 aliphatic carbocycles. The van der Waals surface area contributed by atoms with Gasteiger partial charge in [0.15, 0.2) is 6.61 Å². The number of unbranched alkanes of at least 4 members (excludes halogenated alkanes) is 1. The molecule has 0 saturated heterocycles.